The van der Waals surface area contributed by atoms with Crippen LogP contribution in [-0.4, -0.2) is 36.3 Å². The highest BCUT2D eigenvalue weighted by molar-refractivity contribution is 5.98. The molecular weight excluding hydrogens is 288 g/mol. The molecule has 1 aromatic rings. The molecule has 0 radical (unpaired) electrons. The number of hydrogen-bond acceptors (Lipinski definition) is 2. The maximum Gasteiger partial charge on any atom is 0.242 e. The Bertz CT molecular complexity index is 586. The first-order chi connectivity index (χ1) is 10.8. The number of rotatable bonds is 3. The highest BCUT2D eigenvalue weighted by Crippen LogP contribution is 2.27. The van der Waals surface area contributed by atoms with Crippen molar-refractivity contribution >= 4 is 17.5 Å². The lowest BCUT2D eigenvalue weighted by atomic mass is 10.00. The number of benzene rings is 1. The van der Waals surface area contributed by atoms with Gasteiger partial charge in [-0.2, -0.15) is 0 Å². The summed E-state index contributed by atoms with van der Waals surface area (Å²) in [5.74, 6) is 0.505. The van der Waals surface area contributed by atoms with E-state index in [-0.39, 0.29) is 18.4 Å². The van der Waals surface area contributed by atoms with E-state index in [1.54, 1.807) is 4.90 Å². The summed E-state index contributed by atoms with van der Waals surface area (Å²) in [5.41, 5.74) is 4.12. The molecule has 0 saturated carbocycles. The summed E-state index contributed by atoms with van der Waals surface area (Å²) in [6.45, 7) is 11.5. The standard InChI is InChI=1S/C19H28N2O2/c1-13-7-6-8-20(11-13)18(23)12-21(17(5)22)19-15(3)9-14(2)10-16(19)4/h9-10,13H,6-8,11-12H2,1-5H3. The average Bonchev–Trinajstić information content (AvgIpc) is 2.44. The van der Waals surface area contributed by atoms with Crippen LogP contribution < -0.4 is 4.90 Å². The van der Waals surface area contributed by atoms with Crippen molar-refractivity contribution in [3.05, 3.63) is 28.8 Å². The quantitative estimate of drug-likeness (QED) is 0.859. The summed E-state index contributed by atoms with van der Waals surface area (Å²) < 4.78 is 0. The average molecular weight is 316 g/mol. The number of carbonyl (C=O) groups is 2. The molecular formula is C19H28N2O2. The number of piperidine rings is 1. The minimum Gasteiger partial charge on any atom is -0.341 e. The topological polar surface area (TPSA) is 40.6 Å². The third kappa shape index (κ3) is 4.12. The maximum absolute atomic E-state index is 12.7. The molecule has 1 heterocycles. The largest absolute Gasteiger partial charge is 0.341 e. The van der Waals surface area contributed by atoms with E-state index in [0.29, 0.717) is 5.92 Å². The summed E-state index contributed by atoms with van der Waals surface area (Å²) in [5, 5.41) is 0. The molecule has 23 heavy (non-hydrogen) atoms. The van der Waals surface area contributed by atoms with Crippen molar-refractivity contribution in [2.75, 3.05) is 24.5 Å². The highest BCUT2D eigenvalue weighted by Gasteiger charge is 2.25. The Kier molecular flexibility index (Phi) is 5.45. The van der Waals surface area contributed by atoms with Crippen LogP contribution >= 0.6 is 0 Å². The molecule has 1 fully saturated rings. The van der Waals surface area contributed by atoms with Gasteiger partial charge in [0.2, 0.25) is 11.8 Å². The van der Waals surface area contributed by atoms with Crippen LogP contribution in [0.3, 0.4) is 0 Å². The SMILES string of the molecule is CC(=O)N(CC(=O)N1CCCC(C)C1)c1c(C)cc(C)cc1C. The number of hydrogen-bond donors (Lipinski definition) is 0. The summed E-state index contributed by atoms with van der Waals surface area (Å²) in [4.78, 5) is 28.4. The van der Waals surface area contributed by atoms with Crippen molar-refractivity contribution in [1.29, 1.82) is 0 Å². The van der Waals surface area contributed by atoms with Crippen LogP contribution in [0.5, 0.6) is 0 Å². The number of aryl methyl sites for hydroxylation is 3. The molecule has 4 heteroatoms. The predicted molar refractivity (Wildman–Crippen MR) is 93.7 cm³/mol. The molecule has 126 valence electrons. The second-order valence-corrected chi connectivity index (χ2v) is 6.94. The Balaban J connectivity index is 2.23. The van der Waals surface area contributed by atoms with Gasteiger partial charge >= 0.3 is 0 Å². The van der Waals surface area contributed by atoms with Gasteiger partial charge in [0.25, 0.3) is 0 Å². The number of anilines is 1. The Morgan fingerprint density at radius 1 is 1.22 bits per heavy atom. The fourth-order valence-corrected chi connectivity index (χ4v) is 3.60. The van der Waals surface area contributed by atoms with Gasteiger partial charge in [-0.25, -0.2) is 0 Å². The second-order valence-electron chi connectivity index (χ2n) is 6.94. The molecule has 4 nitrogen and oxygen atoms in total. The van der Waals surface area contributed by atoms with Crippen molar-refractivity contribution in [3.63, 3.8) is 0 Å². The van der Waals surface area contributed by atoms with Crippen LogP contribution in [0.4, 0.5) is 5.69 Å². The minimum atomic E-state index is -0.0848. The van der Waals surface area contributed by atoms with Crippen LogP contribution in [0.1, 0.15) is 43.4 Å². The van der Waals surface area contributed by atoms with Crippen LogP contribution in [-0.2, 0) is 9.59 Å². The van der Waals surface area contributed by atoms with Crippen molar-refractivity contribution in [1.82, 2.24) is 4.90 Å². The Hall–Kier alpha value is -1.84. The van der Waals surface area contributed by atoms with Crippen LogP contribution in [0.2, 0.25) is 0 Å². The number of amides is 2. The van der Waals surface area contributed by atoms with E-state index < -0.39 is 0 Å². The molecule has 1 aliphatic heterocycles. The third-order valence-corrected chi connectivity index (χ3v) is 4.59. The molecule has 1 aliphatic rings. The third-order valence-electron chi connectivity index (χ3n) is 4.59. The highest BCUT2D eigenvalue weighted by atomic mass is 16.2. The zero-order chi connectivity index (χ0) is 17.1. The molecule has 0 bridgehead atoms. The van der Waals surface area contributed by atoms with Gasteiger partial charge in [0, 0.05) is 20.0 Å². The first kappa shape index (κ1) is 17.5. The molecule has 0 aliphatic carbocycles. The van der Waals surface area contributed by atoms with E-state index in [0.717, 1.165) is 36.3 Å². The van der Waals surface area contributed by atoms with Gasteiger partial charge in [-0.05, 0) is 50.7 Å². The Labute approximate surface area is 139 Å². The molecule has 0 N–H and O–H groups in total. The van der Waals surface area contributed by atoms with Gasteiger partial charge in [0.15, 0.2) is 0 Å². The fourth-order valence-electron chi connectivity index (χ4n) is 3.60. The summed E-state index contributed by atoms with van der Waals surface area (Å²) in [6, 6.07) is 4.12. The molecule has 1 aromatic carbocycles. The van der Waals surface area contributed by atoms with Gasteiger partial charge in [-0.1, -0.05) is 24.6 Å². The van der Waals surface area contributed by atoms with Gasteiger partial charge in [0.05, 0.1) is 5.69 Å². The molecule has 0 aromatic heterocycles. The monoisotopic (exact) mass is 316 g/mol. The zero-order valence-electron chi connectivity index (χ0n) is 15.0. The lowest BCUT2D eigenvalue weighted by Crippen LogP contribution is -2.46. The summed E-state index contributed by atoms with van der Waals surface area (Å²) in [7, 11) is 0. The lowest BCUT2D eigenvalue weighted by Gasteiger charge is -2.33. The molecule has 0 spiro atoms. The van der Waals surface area contributed by atoms with Gasteiger partial charge in [-0.3, -0.25) is 9.59 Å². The van der Waals surface area contributed by atoms with Crippen molar-refractivity contribution in [2.45, 2.75) is 47.5 Å². The van der Waals surface area contributed by atoms with Gasteiger partial charge < -0.3 is 9.80 Å². The van der Waals surface area contributed by atoms with E-state index in [4.69, 9.17) is 0 Å². The maximum atomic E-state index is 12.7. The van der Waals surface area contributed by atoms with E-state index >= 15 is 0 Å². The van der Waals surface area contributed by atoms with E-state index in [1.165, 1.54) is 18.9 Å². The Morgan fingerprint density at radius 3 is 2.35 bits per heavy atom. The minimum absolute atomic E-state index is 0.0473. The van der Waals surface area contributed by atoms with Gasteiger partial charge in [-0.15, -0.1) is 0 Å². The number of nitrogens with zero attached hydrogens (tertiary/aromatic N) is 2. The van der Waals surface area contributed by atoms with E-state index in [9.17, 15) is 9.59 Å². The molecule has 1 atom stereocenters. The molecule has 1 saturated heterocycles. The zero-order valence-corrected chi connectivity index (χ0v) is 15.0. The lowest BCUT2D eigenvalue weighted by molar-refractivity contribution is -0.132. The van der Waals surface area contributed by atoms with Crippen molar-refractivity contribution in [2.24, 2.45) is 5.92 Å². The van der Waals surface area contributed by atoms with Gasteiger partial charge in [0.1, 0.15) is 6.54 Å². The normalized spacial score (nSPS) is 18.0. The van der Waals surface area contributed by atoms with Crippen molar-refractivity contribution < 1.29 is 9.59 Å². The van der Waals surface area contributed by atoms with Crippen LogP contribution in [0.25, 0.3) is 0 Å². The molecule has 2 amide bonds. The summed E-state index contributed by atoms with van der Waals surface area (Å²) >= 11 is 0. The summed E-state index contributed by atoms with van der Waals surface area (Å²) in [6.07, 6.45) is 2.23. The second kappa shape index (κ2) is 7.16. The molecule has 2 rings (SSSR count). The van der Waals surface area contributed by atoms with E-state index in [1.807, 2.05) is 25.7 Å². The fraction of sp³-hybridized carbons (Fsp3) is 0.579. The van der Waals surface area contributed by atoms with Crippen LogP contribution in [0, 0.1) is 26.7 Å². The molecule has 1 unspecified atom stereocenters. The first-order valence-corrected chi connectivity index (χ1v) is 8.43. The Morgan fingerprint density at radius 2 is 1.83 bits per heavy atom. The number of carbonyl (C=O) groups excluding carboxylic acids is 2. The van der Waals surface area contributed by atoms with E-state index in [2.05, 4.69) is 19.1 Å². The van der Waals surface area contributed by atoms with Crippen molar-refractivity contribution in [3.8, 4) is 0 Å². The van der Waals surface area contributed by atoms with Crippen LogP contribution in [0.15, 0.2) is 12.1 Å². The predicted octanol–water partition coefficient (Wildman–Crippen LogP) is 3.22. The number of likely N-dealkylation sites (tertiary alicyclic amines) is 1. The first-order valence-electron chi connectivity index (χ1n) is 8.43. The smallest absolute Gasteiger partial charge is 0.242 e.